The summed E-state index contributed by atoms with van der Waals surface area (Å²) >= 11 is 7.34. The van der Waals surface area contributed by atoms with Gasteiger partial charge in [-0.3, -0.25) is 14.7 Å². The molecule has 3 aromatic rings. The number of amides is 1. The molecule has 224 valence electrons. The van der Waals surface area contributed by atoms with Crippen LogP contribution in [0.25, 0.3) is 0 Å². The molecule has 1 amide bonds. The third-order valence-electron chi connectivity index (χ3n) is 5.23. The highest BCUT2D eigenvalue weighted by Gasteiger charge is 2.28. The lowest BCUT2D eigenvalue weighted by Gasteiger charge is -2.16. The molecular weight excluding hydrogens is 615 g/mol. The van der Waals surface area contributed by atoms with E-state index >= 15 is 0 Å². The number of nitrogens with one attached hydrogen (secondary N) is 1. The van der Waals surface area contributed by atoms with E-state index in [0.717, 1.165) is 17.6 Å². The topological polar surface area (TPSA) is 139 Å². The van der Waals surface area contributed by atoms with Gasteiger partial charge in [0.15, 0.2) is 15.0 Å². The first kappa shape index (κ1) is 33.0. The van der Waals surface area contributed by atoms with E-state index in [0.29, 0.717) is 18.1 Å². The van der Waals surface area contributed by atoms with Gasteiger partial charge in [-0.25, -0.2) is 13.4 Å². The maximum absolute atomic E-state index is 13.3. The lowest BCUT2D eigenvalue weighted by molar-refractivity contribution is 0.0916. The standard InChI is InChI=1S/C26H32ClN2O9PS2/c1-6-35-39(31,36-7-2)16-23-24(27)40-26(28-23)29-25(30)18-12-20(37-17(3)15-34-4)14-21(13-18)38-19-8-10-22(11-9-19)41(5,32)33/h8-14,17H,6-7,15-16H2,1-5H3,(H,28,29,30)/t17-/m0/s1. The second-order valence-corrected chi connectivity index (χ2v) is 14.4. The third-order valence-corrected chi connectivity index (χ3v) is 9.60. The van der Waals surface area contributed by atoms with Crippen LogP contribution in [0.15, 0.2) is 47.4 Å². The predicted molar refractivity (Wildman–Crippen MR) is 158 cm³/mol. The van der Waals surface area contributed by atoms with Crippen molar-refractivity contribution in [1.29, 1.82) is 0 Å². The van der Waals surface area contributed by atoms with E-state index in [9.17, 15) is 17.8 Å². The smallest absolute Gasteiger partial charge is 0.336 e. The molecule has 1 aromatic heterocycles. The Morgan fingerprint density at radius 2 is 1.71 bits per heavy atom. The molecule has 2 aromatic carbocycles. The summed E-state index contributed by atoms with van der Waals surface area (Å²) in [4.78, 5) is 17.7. The average molecular weight is 647 g/mol. The van der Waals surface area contributed by atoms with Gasteiger partial charge in [0.1, 0.15) is 27.7 Å². The molecule has 0 unspecified atom stereocenters. The SMILES string of the molecule is CCOP(=O)(Cc1nc(NC(=O)c2cc(Oc3ccc(S(C)(=O)=O)cc3)cc(O[C@@H](C)COC)c2)sc1Cl)OCC. The minimum absolute atomic E-state index is 0.142. The molecule has 0 saturated heterocycles. The number of carbonyl (C=O) groups excluding carboxylic acids is 1. The van der Waals surface area contributed by atoms with Gasteiger partial charge < -0.3 is 23.3 Å². The number of anilines is 1. The quantitative estimate of drug-likeness (QED) is 0.184. The van der Waals surface area contributed by atoms with Gasteiger partial charge in [-0.15, -0.1) is 0 Å². The Bertz CT molecular complexity index is 1490. The number of ether oxygens (including phenoxy) is 3. The van der Waals surface area contributed by atoms with Crippen LogP contribution in [0.1, 0.15) is 36.8 Å². The van der Waals surface area contributed by atoms with Crippen molar-refractivity contribution in [3.63, 3.8) is 0 Å². The number of thiazole rings is 1. The molecule has 0 aliphatic carbocycles. The van der Waals surface area contributed by atoms with E-state index in [4.69, 9.17) is 34.9 Å². The summed E-state index contributed by atoms with van der Waals surface area (Å²) in [7, 11) is -5.27. The normalized spacial score (nSPS) is 12.6. The molecule has 0 aliphatic rings. The fourth-order valence-corrected chi connectivity index (χ4v) is 7.08. The number of sulfone groups is 1. The number of aromatic nitrogens is 1. The molecule has 11 nitrogen and oxygen atoms in total. The first-order valence-corrected chi connectivity index (χ1v) is 17.3. The van der Waals surface area contributed by atoms with Crippen molar-refractivity contribution in [2.24, 2.45) is 0 Å². The number of rotatable bonds is 15. The van der Waals surface area contributed by atoms with Crippen LogP contribution in [0.5, 0.6) is 17.2 Å². The van der Waals surface area contributed by atoms with Crippen LogP contribution in [0.4, 0.5) is 5.13 Å². The molecule has 15 heteroatoms. The molecular formula is C26H32ClN2O9PS2. The van der Waals surface area contributed by atoms with Gasteiger partial charge in [-0.1, -0.05) is 22.9 Å². The maximum Gasteiger partial charge on any atom is 0.336 e. The zero-order valence-corrected chi connectivity index (χ0v) is 26.5. The molecule has 0 bridgehead atoms. The van der Waals surface area contributed by atoms with Gasteiger partial charge in [0, 0.05) is 25.0 Å². The molecule has 1 atom stereocenters. The van der Waals surface area contributed by atoms with E-state index < -0.39 is 23.3 Å². The average Bonchev–Trinajstić information content (AvgIpc) is 3.21. The minimum Gasteiger partial charge on any atom is -0.488 e. The van der Waals surface area contributed by atoms with Gasteiger partial charge >= 0.3 is 7.60 Å². The highest BCUT2D eigenvalue weighted by molar-refractivity contribution is 7.90. The van der Waals surface area contributed by atoms with Crippen LogP contribution in [0, 0.1) is 0 Å². The van der Waals surface area contributed by atoms with Crippen LogP contribution in [0.2, 0.25) is 4.34 Å². The maximum atomic E-state index is 13.3. The number of carbonyl (C=O) groups is 1. The van der Waals surface area contributed by atoms with Crippen molar-refractivity contribution in [3.8, 4) is 17.2 Å². The highest BCUT2D eigenvalue weighted by atomic mass is 35.5. The summed E-state index contributed by atoms with van der Waals surface area (Å²) in [5, 5.41) is 2.89. The Kier molecular flexibility index (Phi) is 11.7. The van der Waals surface area contributed by atoms with Gasteiger partial charge in [0.05, 0.1) is 36.6 Å². The van der Waals surface area contributed by atoms with Gasteiger partial charge in [0.25, 0.3) is 5.91 Å². The van der Waals surface area contributed by atoms with Crippen LogP contribution in [-0.4, -0.2) is 58.6 Å². The predicted octanol–water partition coefficient (Wildman–Crippen LogP) is 6.42. The summed E-state index contributed by atoms with van der Waals surface area (Å²) < 4.78 is 64.3. The number of nitrogens with zero attached hydrogens (tertiary/aromatic N) is 1. The number of halogens is 1. The third kappa shape index (κ3) is 9.78. The van der Waals surface area contributed by atoms with Crippen molar-refractivity contribution >= 4 is 51.4 Å². The minimum atomic E-state index is -3.46. The number of hydrogen-bond donors (Lipinski definition) is 1. The van der Waals surface area contributed by atoms with Crippen LogP contribution >= 0.6 is 30.5 Å². The summed E-state index contributed by atoms with van der Waals surface area (Å²) in [5.74, 6) is 0.450. The summed E-state index contributed by atoms with van der Waals surface area (Å²) in [6.45, 7) is 5.91. The van der Waals surface area contributed by atoms with Crippen molar-refractivity contribution in [2.75, 3.05) is 38.5 Å². The first-order valence-electron chi connectivity index (χ1n) is 12.5. The van der Waals surface area contributed by atoms with E-state index in [1.807, 2.05) is 6.92 Å². The number of benzene rings is 2. The van der Waals surface area contributed by atoms with Crippen molar-refractivity contribution < 1.29 is 41.0 Å². The molecule has 0 fully saturated rings. The second-order valence-electron chi connectivity index (χ2n) is 8.72. The highest BCUT2D eigenvalue weighted by Crippen LogP contribution is 2.52. The monoisotopic (exact) mass is 646 g/mol. The Hall–Kier alpha value is -2.51. The van der Waals surface area contributed by atoms with Crippen LogP contribution in [-0.2, 0) is 34.3 Å². The summed E-state index contributed by atoms with van der Waals surface area (Å²) in [6, 6.07) is 10.5. The van der Waals surface area contributed by atoms with Crippen LogP contribution < -0.4 is 14.8 Å². The fraction of sp³-hybridized carbons (Fsp3) is 0.385. The van der Waals surface area contributed by atoms with Gasteiger partial charge in [-0.2, -0.15) is 0 Å². The zero-order chi connectivity index (χ0) is 30.2. The Labute approximate surface area is 248 Å². The first-order chi connectivity index (χ1) is 19.4. The lowest BCUT2D eigenvalue weighted by Crippen LogP contribution is -2.18. The largest absolute Gasteiger partial charge is 0.488 e. The van der Waals surface area contributed by atoms with Crippen LogP contribution in [0.3, 0.4) is 0 Å². The Morgan fingerprint density at radius 3 is 2.29 bits per heavy atom. The Morgan fingerprint density at radius 1 is 1.07 bits per heavy atom. The Balaban J connectivity index is 1.86. The molecule has 1 heterocycles. The molecule has 3 rings (SSSR count). The number of hydrogen-bond acceptors (Lipinski definition) is 11. The molecule has 0 radical (unpaired) electrons. The van der Waals surface area contributed by atoms with Gasteiger partial charge in [0.2, 0.25) is 0 Å². The van der Waals surface area contributed by atoms with Crippen molar-refractivity contribution in [2.45, 2.75) is 37.9 Å². The van der Waals surface area contributed by atoms with E-state index in [2.05, 4.69) is 10.3 Å². The molecule has 0 spiro atoms. The zero-order valence-electron chi connectivity index (χ0n) is 23.2. The lowest BCUT2D eigenvalue weighted by atomic mass is 10.2. The summed E-state index contributed by atoms with van der Waals surface area (Å²) in [6.07, 6.45) is 0.647. The fourth-order valence-electron chi connectivity index (χ4n) is 3.58. The van der Waals surface area contributed by atoms with E-state index in [1.54, 1.807) is 27.0 Å². The molecule has 1 N–H and O–H groups in total. The van der Waals surface area contributed by atoms with E-state index in [1.165, 1.54) is 36.4 Å². The molecule has 0 aliphatic heterocycles. The molecule has 0 saturated carbocycles. The van der Waals surface area contributed by atoms with Crippen molar-refractivity contribution in [3.05, 3.63) is 58.1 Å². The molecule has 41 heavy (non-hydrogen) atoms. The summed E-state index contributed by atoms with van der Waals surface area (Å²) in [5.41, 5.74) is 0.473. The van der Waals surface area contributed by atoms with E-state index in [-0.39, 0.29) is 56.8 Å². The van der Waals surface area contributed by atoms with Gasteiger partial charge in [-0.05, 0) is 57.2 Å². The number of methoxy groups -OCH3 is 1. The second kappa shape index (κ2) is 14.6. The van der Waals surface area contributed by atoms with Crippen molar-refractivity contribution in [1.82, 2.24) is 4.98 Å².